The van der Waals surface area contributed by atoms with Gasteiger partial charge in [-0.25, -0.2) is 0 Å². The summed E-state index contributed by atoms with van der Waals surface area (Å²) >= 11 is 0. The van der Waals surface area contributed by atoms with Crippen LogP contribution in [0, 0.1) is 0 Å². The fraction of sp³-hybridized carbons (Fsp3) is 0.526. The predicted molar refractivity (Wildman–Crippen MR) is 93.8 cm³/mol. The fourth-order valence-corrected chi connectivity index (χ4v) is 2.35. The summed E-state index contributed by atoms with van der Waals surface area (Å²) in [4.78, 5) is 34.9. The minimum Gasteiger partial charge on any atom is -0.469 e. The number of para-hydroxylation sites is 1. The van der Waals surface area contributed by atoms with Gasteiger partial charge in [0, 0.05) is 24.9 Å². The SMILES string of the molecule is CCCCCC(=O)Nc1ccccc1CCC(=O)CCC(=O)OC. The summed E-state index contributed by atoms with van der Waals surface area (Å²) < 4.78 is 4.53. The maximum atomic E-state index is 12.0. The number of aryl methyl sites for hydroxylation is 1. The number of carbonyl (C=O) groups excluding carboxylic acids is 3. The van der Waals surface area contributed by atoms with Crippen LogP contribution in [0.5, 0.6) is 0 Å². The average molecular weight is 333 g/mol. The van der Waals surface area contributed by atoms with Crippen molar-refractivity contribution in [1.29, 1.82) is 0 Å². The van der Waals surface area contributed by atoms with Gasteiger partial charge in [0.05, 0.1) is 13.5 Å². The van der Waals surface area contributed by atoms with Gasteiger partial charge in [-0.15, -0.1) is 0 Å². The summed E-state index contributed by atoms with van der Waals surface area (Å²) in [6.07, 6.45) is 4.73. The van der Waals surface area contributed by atoms with E-state index in [9.17, 15) is 14.4 Å². The van der Waals surface area contributed by atoms with E-state index in [1.54, 1.807) is 0 Å². The van der Waals surface area contributed by atoms with E-state index in [-0.39, 0.29) is 30.5 Å². The normalized spacial score (nSPS) is 10.2. The van der Waals surface area contributed by atoms with E-state index in [1.165, 1.54) is 7.11 Å². The Morgan fingerprint density at radius 2 is 1.75 bits per heavy atom. The number of Topliss-reactive ketones (excluding diaryl/α,β-unsaturated/α-hetero) is 1. The van der Waals surface area contributed by atoms with Gasteiger partial charge in [-0.05, 0) is 24.5 Å². The molecule has 132 valence electrons. The van der Waals surface area contributed by atoms with Gasteiger partial charge in [0.25, 0.3) is 0 Å². The molecule has 0 saturated carbocycles. The van der Waals surface area contributed by atoms with Gasteiger partial charge in [-0.3, -0.25) is 14.4 Å². The van der Waals surface area contributed by atoms with Gasteiger partial charge in [0.1, 0.15) is 5.78 Å². The second-order valence-electron chi connectivity index (χ2n) is 5.78. The molecule has 1 aromatic rings. The number of anilines is 1. The Bertz CT molecular complexity index is 554. The zero-order valence-corrected chi connectivity index (χ0v) is 14.6. The van der Waals surface area contributed by atoms with Gasteiger partial charge in [0.2, 0.25) is 5.91 Å². The number of rotatable bonds is 11. The molecule has 0 aliphatic carbocycles. The number of ketones is 1. The lowest BCUT2D eigenvalue weighted by molar-refractivity contribution is -0.141. The molecule has 5 heteroatoms. The van der Waals surface area contributed by atoms with Crippen LogP contribution in [0.3, 0.4) is 0 Å². The monoisotopic (exact) mass is 333 g/mol. The van der Waals surface area contributed by atoms with Crippen molar-refractivity contribution >= 4 is 23.3 Å². The second-order valence-corrected chi connectivity index (χ2v) is 5.78. The van der Waals surface area contributed by atoms with Gasteiger partial charge >= 0.3 is 5.97 Å². The third-order valence-corrected chi connectivity index (χ3v) is 3.81. The van der Waals surface area contributed by atoms with Gasteiger partial charge in [-0.1, -0.05) is 38.0 Å². The highest BCUT2D eigenvalue weighted by Crippen LogP contribution is 2.18. The Hall–Kier alpha value is -2.17. The molecule has 0 heterocycles. The minimum absolute atomic E-state index is 0.00733. The van der Waals surface area contributed by atoms with Crippen LogP contribution in [0.1, 0.15) is 57.4 Å². The van der Waals surface area contributed by atoms with E-state index in [2.05, 4.69) is 17.0 Å². The molecule has 0 unspecified atom stereocenters. The molecular formula is C19H27NO4. The number of amides is 1. The highest BCUT2D eigenvalue weighted by molar-refractivity contribution is 5.91. The summed E-state index contributed by atoms with van der Waals surface area (Å²) in [6, 6.07) is 7.52. The molecule has 0 atom stereocenters. The third kappa shape index (κ3) is 7.90. The molecule has 0 aliphatic heterocycles. The molecule has 1 rings (SSSR count). The first-order valence-corrected chi connectivity index (χ1v) is 8.53. The van der Waals surface area contributed by atoms with Crippen LogP contribution in [0.2, 0.25) is 0 Å². The second kappa shape index (κ2) is 11.4. The lowest BCUT2D eigenvalue weighted by Crippen LogP contribution is -2.13. The molecular weight excluding hydrogens is 306 g/mol. The molecule has 24 heavy (non-hydrogen) atoms. The van der Waals surface area contributed by atoms with Crippen molar-refractivity contribution < 1.29 is 19.1 Å². The first kappa shape index (κ1) is 19.9. The summed E-state index contributed by atoms with van der Waals surface area (Å²) in [5, 5.41) is 2.93. The Kier molecular flexibility index (Phi) is 9.42. The van der Waals surface area contributed by atoms with Crippen molar-refractivity contribution in [2.45, 2.75) is 58.3 Å². The number of methoxy groups -OCH3 is 1. The molecule has 1 N–H and O–H groups in total. The number of nitrogens with one attached hydrogen (secondary N) is 1. The summed E-state index contributed by atoms with van der Waals surface area (Å²) in [6.45, 7) is 2.10. The summed E-state index contributed by atoms with van der Waals surface area (Å²) in [7, 11) is 1.31. The predicted octanol–water partition coefficient (Wildman–Crippen LogP) is 3.66. The molecule has 0 aliphatic rings. The van der Waals surface area contributed by atoms with Crippen LogP contribution in [-0.2, 0) is 25.5 Å². The van der Waals surface area contributed by atoms with E-state index >= 15 is 0 Å². The van der Waals surface area contributed by atoms with E-state index in [4.69, 9.17) is 0 Å². The largest absolute Gasteiger partial charge is 0.469 e. The molecule has 0 radical (unpaired) electrons. The van der Waals surface area contributed by atoms with Crippen molar-refractivity contribution in [1.82, 2.24) is 0 Å². The quantitative estimate of drug-likeness (QED) is 0.495. The number of carbonyl (C=O) groups is 3. The zero-order chi connectivity index (χ0) is 17.8. The molecule has 0 aromatic heterocycles. The summed E-state index contributed by atoms with van der Waals surface area (Å²) in [5.41, 5.74) is 1.70. The van der Waals surface area contributed by atoms with Crippen molar-refractivity contribution in [2.75, 3.05) is 12.4 Å². The fourth-order valence-electron chi connectivity index (χ4n) is 2.35. The molecule has 1 aromatic carbocycles. The lowest BCUT2D eigenvalue weighted by Gasteiger charge is -2.11. The van der Waals surface area contributed by atoms with E-state index in [1.807, 2.05) is 24.3 Å². The van der Waals surface area contributed by atoms with Crippen LogP contribution < -0.4 is 5.32 Å². The maximum absolute atomic E-state index is 12.0. The maximum Gasteiger partial charge on any atom is 0.305 e. The lowest BCUT2D eigenvalue weighted by atomic mass is 10.0. The van der Waals surface area contributed by atoms with Gasteiger partial charge in [-0.2, -0.15) is 0 Å². The third-order valence-electron chi connectivity index (χ3n) is 3.81. The number of hydrogen-bond donors (Lipinski definition) is 1. The Labute approximate surface area is 143 Å². The molecule has 0 bridgehead atoms. The number of esters is 1. The first-order chi connectivity index (χ1) is 11.6. The Morgan fingerprint density at radius 1 is 1.00 bits per heavy atom. The summed E-state index contributed by atoms with van der Waals surface area (Å²) in [5.74, 6) is -0.347. The Balaban J connectivity index is 2.49. The van der Waals surface area contributed by atoms with Crippen molar-refractivity contribution in [2.24, 2.45) is 0 Å². The van der Waals surface area contributed by atoms with Crippen LogP contribution in [-0.4, -0.2) is 24.8 Å². The highest BCUT2D eigenvalue weighted by atomic mass is 16.5. The van der Waals surface area contributed by atoms with Crippen LogP contribution >= 0.6 is 0 Å². The molecule has 0 fully saturated rings. The standard InChI is InChI=1S/C19H27NO4/c1-3-4-5-10-18(22)20-17-9-7-6-8-15(17)11-12-16(21)13-14-19(23)24-2/h6-9H,3-5,10-14H2,1-2H3,(H,20,22). The number of ether oxygens (including phenoxy) is 1. The molecule has 0 spiro atoms. The molecule has 0 saturated heterocycles. The van der Waals surface area contributed by atoms with E-state index in [0.717, 1.165) is 30.5 Å². The minimum atomic E-state index is -0.372. The smallest absolute Gasteiger partial charge is 0.305 e. The van der Waals surface area contributed by atoms with Gasteiger partial charge < -0.3 is 10.1 Å². The number of benzene rings is 1. The topological polar surface area (TPSA) is 72.5 Å². The van der Waals surface area contributed by atoms with E-state index < -0.39 is 0 Å². The van der Waals surface area contributed by atoms with Crippen LogP contribution in [0.15, 0.2) is 24.3 Å². The highest BCUT2D eigenvalue weighted by Gasteiger charge is 2.10. The van der Waals surface area contributed by atoms with Crippen molar-refractivity contribution in [3.8, 4) is 0 Å². The zero-order valence-electron chi connectivity index (χ0n) is 14.6. The van der Waals surface area contributed by atoms with E-state index in [0.29, 0.717) is 19.3 Å². The van der Waals surface area contributed by atoms with Crippen LogP contribution in [0.25, 0.3) is 0 Å². The Morgan fingerprint density at radius 3 is 2.46 bits per heavy atom. The van der Waals surface area contributed by atoms with Gasteiger partial charge in [0.15, 0.2) is 0 Å². The number of hydrogen-bond acceptors (Lipinski definition) is 4. The van der Waals surface area contributed by atoms with Crippen molar-refractivity contribution in [3.63, 3.8) is 0 Å². The molecule has 5 nitrogen and oxygen atoms in total. The number of unbranched alkanes of at least 4 members (excludes halogenated alkanes) is 2. The molecule has 1 amide bonds. The first-order valence-electron chi connectivity index (χ1n) is 8.53. The van der Waals surface area contributed by atoms with Crippen LogP contribution in [0.4, 0.5) is 5.69 Å². The van der Waals surface area contributed by atoms with Crippen molar-refractivity contribution in [3.05, 3.63) is 29.8 Å². The average Bonchev–Trinajstić information content (AvgIpc) is 2.59.